The summed E-state index contributed by atoms with van der Waals surface area (Å²) in [6.45, 7) is 5.26. The third-order valence-corrected chi connectivity index (χ3v) is 5.90. The van der Waals surface area contributed by atoms with Gasteiger partial charge in [-0.25, -0.2) is 0 Å². The Balaban J connectivity index is 1.17. The molecule has 2 amide bonds. The van der Waals surface area contributed by atoms with Crippen molar-refractivity contribution in [2.75, 3.05) is 32.8 Å². The third-order valence-electron chi connectivity index (χ3n) is 5.90. The molecule has 8 nitrogen and oxygen atoms in total. The molecular weight excluding hydrogens is 384 g/mol. The van der Waals surface area contributed by atoms with Crippen molar-refractivity contribution in [2.24, 2.45) is 5.92 Å². The number of benzene rings is 1. The van der Waals surface area contributed by atoms with Crippen LogP contribution in [0.4, 0.5) is 0 Å². The molecule has 2 aromatic rings. The van der Waals surface area contributed by atoms with Crippen molar-refractivity contribution >= 4 is 11.8 Å². The van der Waals surface area contributed by atoms with Crippen LogP contribution in [0.1, 0.15) is 43.0 Å². The first-order valence-corrected chi connectivity index (χ1v) is 10.6. The summed E-state index contributed by atoms with van der Waals surface area (Å²) in [4.78, 5) is 32.2. The van der Waals surface area contributed by atoms with Gasteiger partial charge in [0.15, 0.2) is 5.82 Å². The zero-order chi connectivity index (χ0) is 20.9. The second-order valence-corrected chi connectivity index (χ2v) is 8.06. The Morgan fingerprint density at radius 1 is 1.13 bits per heavy atom. The van der Waals surface area contributed by atoms with Crippen LogP contribution >= 0.6 is 0 Å². The van der Waals surface area contributed by atoms with Gasteiger partial charge in [0.25, 0.3) is 0 Å². The lowest BCUT2D eigenvalue weighted by Crippen LogP contribution is -2.52. The molecule has 2 saturated heterocycles. The smallest absolute Gasteiger partial charge is 0.233 e. The summed E-state index contributed by atoms with van der Waals surface area (Å²) < 4.78 is 11.1. The number of likely N-dealkylation sites (tertiary alicyclic amines) is 2. The summed E-state index contributed by atoms with van der Waals surface area (Å²) >= 11 is 0. The van der Waals surface area contributed by atoms with E-state index in [1.54, 1.807) is 6.92 Å². The van der Waals surface area contributed by atoms with Gasteiger partial charge in [-0.3, -0.25) is 9.59 Å². The number of carbonyl (C=O) groups is 2. The second-order valence-electron chi connectivity index (χ2n) is 8.06. The normalized spacial score (nSPS) is 17.8. The van der Waals surface area contributed by atoms with Gasteiger partial charge in [-0.2, -0.15) is 4.98 Å². The molecule has 0 aliphatic carbocycles. The van der Waals surface area contributed by atoms with Crippen LogP contribution in [0.2, 0.25) is 0 Å². The number of hydrogen-bond acceptors (Lipinski definition) is 6. The molecule has 3 heterocycles. The molecule has 2 fully saturated rings. The maximum atomic E-state index is 12.7. The molecule has 0 atom stereocenters. The monoisotopic (exact) mass is 412 g/mol. The third kappa shape index (κ3) is 4.87. The lowest BCUT2D eigenvalue weighted by atomic mass is 9.91. The molecule has 160 valence electrons. The van der Waals surface area contributed by atoms with Crippen molar-refractivity contribution in [3.8, 4) is 0 Å². The fraction of sp³-hybridized carbons (Fsp3) is 0.545. The number of nitrogens with zero attached hydrogens (tertiary/aromatic N) is 4. The number of aromatic nitrogens is 2. The average molecular weight is 412 g/mol. The molecule has 0 unspecified atom stereocenters. The van der Waals surface area contributed by atoms with E-state index in [9.17, 15) is 9.59 Å². The Bertz CT molecular complexity index is 855. The standard InChI is InChI=1S/C22H28N4O4/c1-16(27)25-10-7-18(8-11-25)22(28)26-13-19(14-26)21-23-20(24-30-21)9-12-29-15-17-5-3-2-4-6-17/h2-6,18-19H,7-15H2,1H3. The molecular formula is C22H28N4O4. The van der Waals surface area contributed by atoms with Gasteiger partial charge in [-0.15, -0.1) is 0 Å². The molecule has 0 N–H and O–H groups in total. The molecule has 0 spiro atoms. The Morgan fingerprint density at radius 3 is 2.57 bits per heavy atom. The maximum absolute atomic E-state index is 12.7. The summed E-state index contributed by atoms with van der Waals surface area (Å²) in [5.41, 5.74) is 1.14. The minimum absolute atomic E-state index is 0.0153. The van der Waals surface area contributed by atoms with Crippen molar-refractivity contribution < 1.29 is 18.8 Å². The second kappa shape index (κ2) is 9.38. The highest BCUT2D eigenvalue weighted by Crippen LogP contribution is 2.29. The average Bonchev–Trinajstić information content (AvgIpc) is 3.19. The largest absolute Gasteiger partial charge is 0.376 e. The molecule has 4 rings (SSSR count). The molecule has 0 saturated carbocycles. The highest BCUT2D eigenvalue weighted by molar-refractivity contribution is 5.80. The topological polar surface area (TPSA) is 88.8 Å². The highest BCUT2D eigenvalue weighted by atomic mass is 16.5. The van der Waals surface area contributed by atoms with Crippen LogP contribution in [0.15, 0.2) is 34.9 Å². The first-order valence-electron chi connectivity index (χ1n) is 10.6. The van der Waals surface area contributed by atoms with Crippen LogP contribution in [0.25, 0.3) is 0 Å². The van der Waals surface area contributed by atoms with Crippen molar-refractivity contribution in [3.63, 3.8) is 0 Å². The fourth-order valence-corrected chi connectivity index (χ4v) is 3.98. The summed E-state index contributed by atoms with van der Waals surface area (Å²) in [5, 5.41) is 4.04. The summed E-state index contributed by atoms with van der Waals surface area (Å²) in [6.07, 6.45) is 2.08. The van der Waals surface area contributed by atoms with Crippen LogP contribution in [0, 0.1) is 5.92 Å². The Morgan fingerprint density at radius 2 is 1.87 bits per heavy atom. The van der Waals surface area contributed by atoms with Gasteiger partial charge in [-0.05, 0) is 18.4 Å². The summed E-state index contributed by atoms with van der Waals surface area (Å²) in [7, 11) is 0. The summed E-state index contributed by atoms with van der Waals surface area (Å²) in [6, 6.07) is 10.0. The molecule has 8 heteroatoms. The number of hydrogen-bond donors (Lipinski definition) is 0. The molecule has 2 aliphatic rings. The van der Waals surface area contributed by atoms with Crippen molar-refractivity contribution in [1.29, 1.82) is 0 Å². The van der Waals surface area contributed by atoms with Gasteiger partial charge in [0, 0.05) is 45.4 Å². The van der Waals surface area contributed by atoms with Crippen molar-refractivity contribution in [1.82, 2.24) is 19.9 Å². The van der Waals surface area contributed by atoms with E-state index in [1.165, 1.54) is 0 Å². The molecule has 1 aromatic heterocycles. The molecule has 2 aliphatic heterocycles. The Hall–Kier alpha value is -2.74. The number of piperidine rings is 1. The van der Waals surface area contributed by atoms with Gasteiger partial charge in [0.05, 0.1) is 19.1 Å². The number of rotatable bonds is 7. The lowest BCUT2D eigenvalue weighted by Gasteiger charge is -2.41. The van der Waals surface area contributed by atoms with E-state index < -0.39 is 0 Å². The van der Waals surface area contributed by atoms with Crippen molar-refractivity contribution in [3.05, 3.63) is 47.6 Å². The molecule has 30 heavy (non-hydrogen) atoms. The van der Waals surface area contributed by atoms with E-state index in [4.69, 9.17) is 9.26 Å². The lowest BCUT2D eigenvalue weighted by molar-refractivity contribution is -0.144. The Labute approximate surface area is 176 Å². The van der Waals surface area contributed by atoms with E-state index in [0.29, 0.717) is 57.5 Å². The van der Waals surface area contributed by atoms with E-state index in [2.05, 4.69) is 10.1 Å². The van der Waals surface area contributed by atoms with E-state index in [1.807, 2.05) is 40.1 Å². The maximum Gasteiger partial charge on any atom is 0.233 e. The van der Waals surface area contributed by atoms with E-state index in [0.717, 1.165) is 18.4 Å². The van der Waals surface area contributed by atoms with Crippen LogP contribution in [-0.2, 0) is 27.4 Å². The summed E-state index contributed by atoms with van der Waals surface area (Å²) in [5.74, 6) is 1.63. The van der Waals surface area contributed by atoms with Crippen molar-refractivity contribution in [2.45, 2.75) is 38.7 Å². The van der Waals surface area contributed by atoms with Gasteiger partial charge in [0.2, 0.25) is 17.7 Å². The SMILES string of the molecule is CC(=O)N1CCC(C(=O)N2CC(c3nc(CCOCc4ccccc4)no3)C2)CC1. The first-order chi connectivity index (χ1) is 14.6. The minimum Gasteiger partial charge on any atom is -0.376 e. The van der Waals surface area contributed by atoms with Gasteiger partial charge in [0.1, 0.15) is 0 Å². The fourth-order valence-electron chi connectivity index (χ4n) is 3.98. The van der Waals surface area contributed by atoms with Crippen LogP contribution in [0.3, 0.4) is 0 Å². The van der Waals surface area contributed by atoms with E-state index in [-0.39, 0.29) is 23.7 Å². The predicted octanol–water partition coefficient (Wildman–Crippen LogP) is 2.01. The first kappa shape index (κ1) is 20.5. The van der Waals surface area contributed by atoms with Gasteiger partial charge in [-0.1, -0.05) is 35.5 Å². The minimum atomic E-state index is 0.0153. The predicted molar refractivity (Wildman–Crippen MR) is 108 cm³/mol. The van der Waals surface area contributed by atoms with Crippen LogP contribution in [-0.4, -0.2) is 64.5 Å². The van der Waals surface area contributed by atoms with E-state index >= 15 is 0 Å². The van der Waals surface area contributed by atoms with Gasteiger partial charge >= 0.3 is 0 Å². The molecule has 0 radical (unpaired) electrons. The zero-order valence-electron chi connectivity index (χ0n) is 17.3. The Kier molecular flexibility index (Phi) is 6.42. The molecule has 0 bridgehead atoms. The zero-order valence-corrected chi connectivity index (χ0v) is 17.3. The number of amides is 2. The number of carbonyl (C=O) groups excluding carboxylic acids is 2. The van der Waals surface area contributed by atoms with Crippen LogP contribution < -0.4 is 0 Å². The quantitative estimate of drug-likeness (QED) is 0.647. The highest BCUT2D eigenvalue weighted by Gasteiger charge is 2.39. The molecule has 1 aromatic carbocycles. The number of ether oxygens (including phenoxy) is 1. The van der Waals surface area contributed by atoms with Crippen LogP contribution in [0.5, 0.6) is 0 Å². The van der Waals surface area contributed by atoms with Gasteiger partial charge < -0.3 is 19.1 Å².